The highest BCUT2D eigenvalue weighted by atomic mass is 19.1. The smallest absolute Gasteiger partial charge is 0.129 e. The van der Waals surface area contributed by atoms with Gasteiger partial charge in [-0.3, -0.25) is 4.99 Å². The van der Waals surface area contributed by atoms with Crippen molar-refractivity contribution in [1.29, 1.82) is 5.41 Å². The summed E-state index contributed by atoms with van der Waals surface area (Å²) in [6.07, 6.45) is 8.24. The molecule has 2 aromatic rings. The molecule has 0 atom stereocenters. The molecule has 0 amide bonds. The highest BCUT2D eigenvalue weighted by molar-refractivity contribution is 6.22. The van der Waals surface area contributed by atoms with Gasteiger partial charge in [-0.15, -0.1) is 0 Å². The van der Waals surface area contributed by atoms with Crippen LogP contribution < -0.4 is 5.73 Å². The summed E-state index contributed by atoms with van der Waals surface area (Å²) >= 11 is 0. The van der Waals surface area contributed by atoms with E-state index >= 15 is 0 Å². The Kier molecular flexibility index (Phi) is 8.04. The van der Waals surface area contributed by atoms with Gasteiger partial charge in [-0.05, 0) is 68.4 Å². The summed E-state index contributed by atoms with van der Waals surface area (Å²) in [5, 5.41) is 7.75. The first-order valence-electron chi connectivity index (χ1n) is 11.2. The van der Waals surface area contributed by atoms with Gasteiger partial charge >= 0.3 is 0 Å². The molecule has 1 aliphatic carbocycles. The van der Waals surface area contributed by atoms with Crippen LogP contribution in [0.25, 0.3) is 11.1 Å². The Labute approximate surface area is 194 Å². The number of nitrogens with zero attached hydrogens (tertiary/aromatic N) is 2. The van der Waals surface area contributed by atoms with Crippen LogP contribution in [0.4, 0.5) is 14.5 Å². The van der Waals surface area contributed by atoms with Crippen molar-refractivity contribution in [3.8, 4) is 11.1 Å². The van der Waals surface area contributed by atoms with Gasteiger partial charge in [0.15, 0.2) is 0 Å². The Morgan fingerprint density at radius 3 is 2.45 bits per heavy atom. The van der Waals surface area contributed by atoms with Crippen LogP contribution in [-0.2, 0) is 6.42 Å². The molecule has 0 saturated heterocycles. The minimum Gasteiger partial charge on any atom is -0.404 e. The predicted molar refractivity (Wildman–Crippen MR) is 134 cm³/mol. The number of nitrogens with one attached hydrogen (secondary N) is 1. The molecule has 1 saturated carbocycles. The Morgan fingerprint density at radius 1 is 1.21 bits per heavy atom. The molecule has 0 unspecified atom stereocenters. The number of aryl methyl sites for hydroxylation is 1. The number of aliphatic imine (C=N–C) groups is 2. The minimum absolute atomic E-state index is 0.0747. The molecule has 0 spiro atoms. The zero-order chi connectivity index (χ0) is 24.0. The van der Waals surface area contributed by atoms with Gasteiger partial charge in [-0.2, -0.15) is 0 Å². The van der Waals surface area contributed by atoms with E-state index in [1.165, 1.54) is 18.3 Å². The number of rotatable bonds is 7. The van der Waals surface area contributed by atoms with Crippen molar-refractivity contribution in [3.05, 3.63) is 77.5 Å². The van der Waals surface area contributed by atoms with Crippen LogP contribution in [-0.4, -0.2) is 23.7 Å². The quantitative estimate of drug-likeness (QED) is 0.458. The highest BCUT2D eigenvalue weighted by Gasteiger charge is 2.16. The SMILES string of the molecule is C=CC(=Nc1c(C)cccc1-c1cc(F)c(CC)c(F)c1)C(C=NC1CCC(=N)CC1)=CN. The fourth-order valence-corrected chi connectivity index (χ4v) is 3.97. The van der Waals surface area contributed by atoms with Crippen LogP contribution in [0.2, 0.25) is 0 Å². The summed E-state index contributed by atoms with van der Waals surface area (Å²) in [5.41, 5.74) is 10.3. The van der Waals surface area contributed by atoms with Crippen molar-refractivity contribution in [1.82, 2.24) is 0 Å². The topological polar surface area (TPSA) is 74.6 Å². The fraction of sp³-hybridized carbons (Fsp3) is 0.296. The summed E-state index contributed by atoms with van der Waals surface area (Å²) in [6, 6.07) is 8.38. The second-order valence-electron chi connectivity index (χ2n) is 8.18. The van der Waals surface area contributed by atoms with Crippen LogP contribution in [0.5, 0.6) is 0 Å². The molecule has 1 aliphatic rings. The van der Waals surface area contributed by atoms with Crippen LogP contribution >= 0.6 is 0 Å². The Hall–Kier alpha value is -3.41. The third-order valence-corrected chi connectivity index (χ3v) is 5.93. The van der Waals surface area contributed by atoms with Gasteiger partial charge in [0.1, 0.15) is 11.6 Å². The van der Waals surface area contributed by atoms with Crippen LogP contribution in [0, 0.1) is 24.0 Å². The van der Waals surface area contributed by atoms with Crippen molar-refractivity contribution >= 4 is 23.3 Å². The minimum atomic E-state index is -0.567. The predicted octanol–water partition coefficient (Wildman–Crippen LogP) is 6.64. The lowest BCUT2D eigenvalue weighted by Gasteiger charge is -2.18. The van der Waals surface area contributed by atoms with Gasteiger partial charge in [0, 0.05) is 34.8 Å². The summed E-state index contributed by atoms with van der Waals surface area (Å²) in [4.78, 5) is 9.43. The second kappa shape index (κ2) is 10.9. The van der Waals surface area contributed by atoms with Crippen molar-refractivity contribution in [2.24, 2.45) is 15.7 Å². The van der Waals surface area contributed by atoms with E-state index in [0.29, 0.717) is 28.1 Å². The van der Waals surface area contributed by atoms with E-state index in [1.807, 2.05) is 19.1 Å². The normalized spacial score (nSPS) is 17.6. The van der Waals surface area contributed by atoms with E-state index in [4.69, 9.17) is 16.1 Å². The summed E-state index contributed by atoms with van der Waals surface area (Å²) in [5.74, 6) is -1.13. The van der Waals surface area contributed by atoms with Crippen LogP contribution in [0.15, 0.2) is 64.7 Å². The summed E-state index contributed by atoms with van der Waals surface area (Å²) < 4.78 is 29.0. The summed E-state index contributed by atoms with van der Waals surface area (Å²) in [6.45, 7) is 7.49. The average Bonchev–Trinajstić information content (AvgIpc) is 2.80. The maximum Gasteiger partial charge on any atom is 0.129 e. The number of benzene rings is 2. The third kappa shape index (κ3) is 5.69. The van der Waals surface area contributed by atoms with Gasteiger partial charge in [-0.25, -0.2) is 13.8 Å². The first-order chi connectivity index (χ1) is 15.9. The monoisotopic (exact) mass is 448 g/mol. The van der Waals surface area contributed by atoms with Gasteiger partial charge in [0.2, 0.25) is 0 Å². The van der Waals surface area contributed by atoms with Crippen LogP contribution in [0.3, 0.4) is 0 Å². The molecular weight excluding hydrogens is 418 g/mol. The van der Waals surface area contributed by atoms with E-state index in [2.05, 4.69) is 11.6 Å². The first kappa shape index (κ1) is 24.2. The molecular formula is C27H30F2N4. The van der Waals surface area contributed by atoms with E-state index in [1.54, 1.807) is 25.3 Å². The molecule has 0 aliphatic heterocycles. The molecule has 1 fully saturated rings. The highest BCUT2D eigenvalue weighted by Crippen LogP contribution is 2.35. The molecule has 6 heteroatoms. The Morgan fingerprint density at radius 2 is 1.88 bits per heavy atom. The zero-order valence-electron chi connectivity index (χ0n) is 19.2. The molecule has 0 aromatic heterocycles. The van der Waals surface area contributed by atoms with Crippen molar-refractivity contribution in [2.45, 2.75) is 52.0 Å². The largest absolute Gasteiger partial charge is 0.404 e. The van der Waals surface area contributed by atoms with Gasteiger partial charge in [0.25, 0.3) is 0 Å². The molecule has 33 heavy (non-hydrogen) atoms. The Balaban J connectivity index is 2.00. The van der Waals surface area contributed by atoms with Gasteiger partial charge in [0.05, 0.1) is 17.4 Å². The van der Waals surface area contributed by atoms with Gasteiger partial charge in [-0.1, -0.05) is 31.7 Å². The number of nitrogens with two attached hydrogens (primary N) is 1. The fourth-order valence-electron chi connectivity index (χ4n) is 3.97. The van der Waals surface area contributed by atoms with Crippen molar-refractivity contribution in [2.75, 3.05) is 0 Å². The van der Waals surface area contributed by atoms with E-state index in [-0.39, 0.29) is 18.0 Å². The molecule has 3 rings (SSSR count). The van der Waals surface area contributed by atoms with E-state index in [9.17, 15) is 8.78 Å². The lowest BCUT2D eigenvalue weighted by Crippen LogP contribution is -2.17. The Bertz CT molecular complexity index is 1110. The number of para-hydroxylation sites is 1. The molecule has 0 radical (unpaired) electrons. The second-order valence-corrected chi connectivity index (χ2v) is 8.18. The van der Waals surface area contributed by atoms with Gasteiger partial charge < -0.3 is 11.1 Å². The number of hydrogen-bond acceptors (Lipinski definition) is 4. The van der Waals surface area contributed by atoms with E-state index < -0.39 is 11.6 Å². The van der Waals surface area contributed by atoms with Crippen LogP contribution in [0.1, 0.15) is 43.7 Å². The third-order valence-electron chi connectivity index (χ3n) is 5.93. The van der Waals surface area contributed by atoms with Crippen molar-refractivity contribution in [3.63, 3.8) is 0 Å². The maximum absolute atomic E-state index is 14.5. The number of hydrogen-bond donors (Lipinski definition) is 2. The molecule has 2 aromatic carbocycles. The maximum atomic E-state index is 14.5. The number of halogens is 2. The average molecular weight is 449 g/mol. The molecule has 4 nitrogen and oxygen atoms in total. The molecule has 172 valence electrons. The lowest BCUT2D eigenvalue weighted by atomic mass is 9.94. The van der Waals surface area contributed by atoms with Crippen molar-refractivity contribution < 1.29 is 8.78 Å². The standard InChI is InChI=1S/C27H30F2N4/c1-4-22-24(28)13-18(14-25(22)29)23-8-6-7-17(3)27(23)33-26(5-2)19(15-30)16-32-21-11-9-20(31)10-12-21/h5-8,13-16,21,31H,2,4,9-12,30H2,1,3H3. The molecule has 0 heterocycles. The molecule has 3 N–H and O–H groups in total. The molecule has 0 bridgehead atoms. The van der Waals surface area contributed by atoms with E-state index in [0.717, 1.165) is 37.0 Å². The number of allylic oxidation sites excluding steroid dienone is 2. The lowest BCUT2D eigenvalue weighted by molar-refractivity contribution is 0.560. The first-order valence-corrected chi connectivity index (χ1v) is 11.2. The zero-order valence-corrected chi connectivity index (χ0v) is 19.2. The summed E-state index contributed by atoms with van der Waals surface area (Å²) in [7, 11) is 0.